The highest BCUT2D eigenvalue weighted by molar-refractivity contribution is 6.06. The number of halogens is 1. The molecule has 4 aromatic rings. The monoisotopic (exact) mass is 793 g/mol. The average Bonchev–Trinajstić information content (AvgIpc) is 3.88. The van der Waals surface area contributed by atoms with Crippen LogP contribution in [0.25, 0.3) is 10.9 Å². The number of piperidine rings is 2. The molecule has 0 bridgehead atoms. The van der Waals surface area contributed by atoms with Crippen LogP contribution >= 0.6 is 0 Å². The van der Waals surface area contributed by atoms with Gasteiger partial charge in [0.1, 0.15) is 29.0 Å². The molecule has 4 aliphatic rings. The Morgan fingerprint density at radius 1 is 0.983 bits per heavy atom. The topological polar surface area (TPSA) is 155 Å². The zero-order valence-electron chi connectivity index (χ0n) is 33.2. The van der Waals surface area contributed by atoms with Crippen LogP contribution in [0.5, 0.6) is 5.75 Å². The van der Waals surface area contributed by atoms with Crippen LogP contribution in [0.1, 0.15) is 97.3 Å². The third kappa shape index (κ3) is 7.74. The smallest absolute Gasteiger partial charge is 0.419 e. The highest BCUT2D eigenvalue weighted by Crippen LogP contribution is 2.37. The lowest BCUT2D eigenvalue weighted by atomic mass is 9.96. The van der Waals surface area contributed by atoms with Gasteiger partial charge in [-0.25, -0.2) is 18.7 Å². The predicted octanol–water partition coefficient (Wildman–Crippen LogP) is 6.03. The van der Waals surface area contributed by atoms with Crippen molar-refractivity contribution in [3.05, 3.63) is 82.9 Å². The number of carbonyl (C=O) groups is 5. The second-order valence-electron chi connectivity index (χ2n) is 16.7. The van der Waals surface area contributed by atoms with Gasteiger partial charge in [-0.15, -0.1) is 0 Å². The van der Waals surface area contributed by atoms with Crippen molar-refractivity contribution in [3.8, 4) is 5.75 Å². The van der Waals surface area contributed by atoms with E-state index in [0.717, 1.165) is 67.6 Å². The molecule has 6 heterocycles. The first kappa shape index (κ1) is 39.0. The first-order valence-corrected chi connectivity index (χ1v) is 19.9. The van der Waals surface area contributed by atoms with Crippen LogP contribution in [0.3, 0.4) is 0 Å². The molecule has 4 amide bonds. The lowest BCUT2D eigenvalue weighted by Gasteiger charge is -2.35. The molecule has 0 spiro atoms. The molecule has 15 heteroatoms. The van der Waals surface area contributed by atoms with Gasteiger partial charge >= 0.3 is 6.09 Å². The second-order valence-corrected chi connectivity index (χ2v) is 16.7. The number of pyridine rings is 1. The summed E-state index contributed by atoms with van der Waals surface area (Å²) >= 11 is 0. The summed E-state index contributed by atoms with van der Waals surface area (Å²) in [6.45, 7) is 8.48. The van der Waals surface area contributed by atoms with Gasteiger partial charge in [0.25, 0.3) is 11.8 Å². The fourth-order valence-electron chi connectivity index (χ4n) is 8.61. The molecule has 4 aliphatic heterocycles. The number of rotatable bonds is 8. The van der Waals surface area contributed by atoms with Crippen LogP contribution in [-0.2, 0) is 20.9 Å². The third-order valence-corrected chi connectivity index (χ3v) is 11.6. The molecule has 2 N–H and O–H groups in total. The SMILES string of the molecule is CN1CCC[C@@H]1c1cc2cnc(NC(=O)c3ccc(OCC4CCN(c5cccc6c5CN(C5CCC(=O)NC5=O)C6=O)CC4)cc3F)cc2n1C(=O)OC(C)(C)C. The van der Waals surface area contributed by atoms with Crippen molar-refractivity contribution in [1.82, 2.24) is 24.7 Å². The summed E-state index contributed by atoms with van der Waals surface area (Å²) in [5.74, 6) is -1.70. The first-order valence-electron chi connectivity index (χ1n) is 19.9. The van der Waals surface area contributed by atoms with E-state index in [-0.39, 0.29) is 41.6 Å². The Hall–Kier alpha value is -5.83. The van der Waals surface area contributed by atoms with Crippen molar-refractivity contribution in [1.29, 1.82) is 0 Å². The number of nitrogens with one attached hydrogen (secondary N) is 2. The lowest BCUT2D eigenvalue weighted by molar-refractivity contribution is -0.136. The normalized spacial score (nSPS) is 20.4. The van der Waals surface area contributed by atoms with E-state index in [9.17, 15) is 24.0 Å². The Kier molecular flexibility index (Phi) is 10.4. The molecule has 2 atom stereocenters. The van der Waals surface area contributed by atoms with Gasteiger partial charge < -0.3 is 24.6 Å². The summed E-state index contributed by atoms with van der Waals surface area (Å²) in [6.07, 6.45) is 5.10. The quantitative estimate of drug-likeness (QED) is 0.202. The second kappa shape index (κ2) is 15.5. The maximum atomic E-state index is 15.4. The molecule has 2 aromatic heterocycles. The van der Waals surface area contributed by atoms with E-state index in [0.29, 0.717) is 36.4 Å². The average molecular weight is 794 g/mol. The molecule has 3 saturated heterocycles. The summed E-state index contributed by atoms with van der Waals surface area (Å²) in [4.78, 5) is 74.8. The van der Waals surface area contributed by atoms with Gasteiger partial charge in [-0.2, -0.15) is 0 Å². The number of amides is 4. The molecule has 3 fully saturated rings. The third-order valence-electron chi connectivity index (χ3n) is 11.6. The maximum absolute atomic E-state index is 15.4. The highest BCUT2D eigenvalue weighted by Gasteiger charge is 2.40. The van der Waals surface area contributed by atoms with Crippen molar-refractivity contribution in [3.63, 3.8) is 0 Å². The summed E-state index contributed by atoms with van der Waals surface area (Å²) in [7, 11) is 2.03. The largest absolute Gasteiger partial charge is 0.493 e. The molecule has 0 saturated carbocycles. The molecule has 0 aliphatic carbocycles. The number of ether oxygens (including phenoxy) is 2. The number of carbonyl (C=O) groups excluding carboxylic acids is 5. The fourth-order valence-corrected chi connectivity index (χ4v) is 8.61. The van der Waals surface area contributed by atoms with Gasteiger partial charge in [0.15, 0.2) is 0 Å². The molecule has 14 nitrogen and oxygen atoms in total. The van der Waals surface area contributed by atoms with Crippen LogP contribution in [0.4, 0.5) is 20.7 Å². The van der Waals surface area contributed by atoms with E-state index < -0.39 is 35.4 Å². The van der Waals surface area contributed by atoms with Gasteiger partial charge in [-0.1, -0.05) is 6.07 Å². The first-order chi connectivity index (χ1) is 27.7. The Balaban J connectivity index is 0.884. The maximum Gasteiger partial charge on any atom is 0.419 e. The number of nitrogens with zero attached hydrogens (tertiary/aromatic N) is 5. The van der Waals surface area contributed by atoms with Crippen LogP contribution in [0, 0.1) is 11.7 Å². The molecule has 1 unspecified atom stereocenters. The van der Waals surface area contributed by atoms with Gasteiger partial charge in [-0.3, -0.25) is 29.4 Å². The van der Waals surface area contributed by atoms with Crippen molar-refractivity contribution < 1.29 is 37.8 Å². The highest BCUT2D eigenvalue weighted by atomic mass is 19.1. The summed E-state index contributed by atoms with van der Waals surface area (Å²) < 4.78 is 28.8. The number of imide groups is 1. The number of anilines is 2. The summed E-state index contributed by atoms with van der Waals surface area (Å²) in [5, 5.41) is 5.76. The molecular formula is C43H48FN7O7. The minimum atomic E-state index is -0.742. The van der Waals surface area contributed by atoms with Crippen LogP contribution < -0.4 is 20.3 Å². The molecular weight excluding hydrogens is 746 g/mol. The van der Waals surface area contributed by atoms with Crippen molar-refractivity contribution in [2.75, 3.05) is 43.5 Å². The van der Waals surface area contributed by atoms with Crippen molar-refractivity contribution in [2.24, 2.45) is 5.92 Å². The standard InChI is InChI=1S/C43H48FN7O7/c1-43(2,3)58-42(56)51-35-21-37(45-22-26(35)19-36(51)33-9-6-16-48(33)4)46-39(53)29-11-10-27(20-31(29)44)57-24-25-14-17-49(18-15-25)32-8-5-7-28-30(32)23-50(41(28)55)34-12-13-38(52)47-40(34)54/h5,7-8,10-11,19-22,25,33-34H,6,9,12-18,23-24H2,1-4H3,(H,45,46,53)(H,47,52,54)/t33-,34?/m1/s1. The molecule has 8 rings (SSSR count). The molecule has 58 heavy (non-hydrogen) atoms. The van der Waals surface area contributed by atoms with Crippen molar-refractivity contribution >= 4 is 52.1 Å². The fraction of sp³-hybridized carbons (Fsp3) is 0.442. The number of likely N-dealkylation sites (tertiary alicyclic amines) is 1. The van der Waals surface area contributed by atoms with Crippen LogP contribution in [0.2, 0.25) is 0 Å². The number of fused-ring (bicyclic) bond motifs is 2. The summed E-state index contributed by atoms with van der Waals surface area (Å²) in [5.41, 5.74) is 2.86. The predicted molar refractivity (Wildman–Crippen MR) is 213 cm³/mol. The van der Waals surface area contributed by atoms with Gasteiger partial charge in [0.2, 0.25) is 11.8 Å². The van der Waals surface area contributed by atoms with Crippen LogP contribution in [-0.4, -0.2) is 94.0 Å². The number of aromatic nitrogens is 2. The zero-order chi connectivity index (χ0) is 40.9. The Bertz CT molecular complexity index is 2310. The van der Waals surface area contributed by atoms with E-state index in [1.807, 2.05) is 46.0 Å². The van der Waals surface area contributed by atoms with E-state index in [4.69, 9.17) is 9.47 Å². The molecule has 304 valence electrons. The number of hydrogen-bond donors (Lipinski definition) is 2. The number of benzene rings is 2. The Labute approximate surface area is 335 Å². The van der Waals surface area contributed by atoms with E-state index in [1.165, 1.54) is 12.1 Å². The molecule has 2 aromatic carbocycles. The van der Waals surface area contributed by atoms with Gasteiger partial charge in [0, 0.05) is 72.3 Å². The molecule has 0 radical (unpaired) electrons. The Morgan fingerprint density at radius 3 is 2.48 bits per heavy atom. The van der Waals surface area contributed by atoms with Gasteiger partial charge in [-0.05, 0) is 103 Å². The van der Waals surface area contributed by atoms with Crippen LogP contribution in [0.15, 0.2) is 54.7 Å². The van der Waals surface area contributed by atoms with E-state index in [1.54, 1.807) is 33.9 Å². The van der Waals surface area contributed by atoms with Gasteiger partial charge in [0.05, 0.1) is 23.7 Å². The summed E-state index contributed by atoms with van der Waals surface area (Å²) in [6, 6.07) is 12.7. The minimum Gasteiger partial charge on any atom is -0.493 e. The van der Waals surface area contributed by atoms with E-state index in [2.05, 4.69) is 25.4 Å². The zero-order valence-corrected chi connectivity index (χ0v) is 33.2. The Morgan fingerprint density at radius 2 is 1.78 bits per heavy atom. The number of hydrogen-bond acceptors (Lipinski definition) is 10. The van der Waals surface area contributed by atoms with E-state index >= 15 is 4.39 Å². The minimum absolute atomic E-state index is 0.0189. The van der Waals surface area contributed by atoms with Crippen molar-refractivity contribution in [2.45, 2.75) is 83.5 Å². The lowest BCUT2D eigenvalue weighted by Crippen LogP contribution is -2.52.